The van der Waals surface area contributed by atoms with Crippen molar-refractivity contribution in [2.24, 2.45) is 11.3 Å². The average molecular weight is 291 g/mol. The topological polar surface area (TPSA) is 12.0 Å². The van der Waals surface area contributed by atoms with Gasteiger partial charge in [0.25, 0.3) is 0 Å². The quantitative estimate of drug-likeness (QED) is 0.766. The van der Waals surface area contributed by atoms with Gasteiger partial charge in [0.1, 0.15) is 5.82 Å². The molecular weight excluding hydrogens is 261 g/mol. The van der Waals surface area contributed by atoms with Crippen molar-refractivity contribution in [3.05, 3.63) is 35.1 Å². The third-order valence-corrected chi connectivity index (χ3v) is 5.05. The van der Waals surface area contributed by atoms with E-state index in [1.807, 2.05) is 6.07 Å². The van der Waals surface area contributed by atoms with Crippen LogP contribution in [0.1, 0.15) is 70.0 Å². The van der Waals surface area contributed by atoms with Crippen molar-refractivity contribution in [1.29, 1.82) is 0 Å². The molecule has 0 amide bonds. The number of hydrogen-bond acceptors (Lipinski definition) is 1. The van der Waals surface area contributed by atoms with Crippen molar-refractivity contribution in [2.75, 3.05) is 6.54 Å². The van der Waals surface area contributed by atoms with E-state index in [1.54, 1.807) is 12.1 Å². The van der Waals surface area contributed by atoms with E-state index in [-0.39, 0.29) is 5.82 Å². The zero-order valence-corrected chi connectivity index (χ0v) is 14.0. The Morgan fingerprint density at radius 1 is 1.29 bits per heavy atom. The summed E-state index contributed by atoms with van der Waals surface area (Å²) in [7, 11) is 0. The molecule has 0 radical (unpaired) electrons. The molecule has 2 rings (SSSR count). The van der Waals surface area contributed by atoms with Gasteiger partial charge in [-0.1, -0.05) is 26.8 Å². The predicted molar refractivity (Wildman–Crippen MR) is 87.9 cm³/mol. The second-order valence-electron chi connectivity index (χ2n) is 7.43. The molecule has 1 unspecified atom stereocenters. The highest BCUT2D eigenvalue weighted by atomic mass is 19.1. The van der Waals surface area contributed by atoms with Gasteiger partial charge in [-0.2, -0.15) is 0 Å². The Labute approximate surface area is 129 Å². The van der Waals surface area contributed by atoms with E-state index in [2.05, 4.69) is 33.0 Å². The molecule has 1 aromatic carbocycles. The van der Waals surface area contributed by atoms with Gasteiger partial charge in [0.05, 0.1) is 0 Å². The molecule has 2 heteroatoms. The lowest BCUT2D eigenvalue weighted by molar-refractivity contribution is 0.161. The summed E-state index contributed by atoms with van der Waals surface area (Å²) in [5, 5.41) is 3.68. The molecule has 1 atom stereocenters. The Kier molecular flexibility index (Phi) is 5.43. The zero-order chi connectivity index (χ0) is 15.5. The highest BCUT2D eigenvalue weighted by molar-refractivity contribution is 5.30. The Balaban J connectivity index is 2.20. The SMILES string of the molecule is CCCNC(c1cc(F)ccc1C)C1CCC(C)(C)CC1. The minimum Gasteiger partial charge on any atom is -0.310 e. The predicted octanol–water partition coefficient (Wildman–Crippen LogP) is 5.39. The highest BCUT2D eigenvalue weighted by Crippen LogP contribution is 2.43. The van der Waals surface area contributed by atoms with Crippen LogP contribution in [0.3, 0.4) is 0 Å². The standard InChI is InChI=1S/C19H30FN/c1-5-12-21-18(15-8-10-19(3,4)11-9-15)17-13-16(20)7-6-14(17)2/h6-7,13,15,18,21H,5,8-12H2,1-4H3. The number of benzene rings is 1. The van der Waals surface area contributed by atoms with Gasteiger partial charge >= 0.3 is 0 Å². The van der Waals surface area contributed by atoms with Crippen LogP contribution in [0.2, 0.25) is 0 Å². The number of aryl methyl sites for hydroxylation is 1. The molecule has 21 heavy (non-hydrogen) atoms. The summed E-state index contributed by atoms with van der Waals surface area (Å²) in [6.07, 6.45) is 6.14. The van der Waals surface area contributed by atoms with E-state index < -0.39 is 0 Å². The molecule has 1 saturated carbocycles. The first-order chi connectivity index (χ1) is 9.93. The lowest BCUT2D eigenvalue weighted by atomic mass is 9.70. The van der Waals surface area contributed by atoms with Gasteiger partial charge in [-0.3, -0.25) is 0 Å². The fraction of sp³-hybridized carbons (Fsp3) is 0.684. The van der Waals surface area contributed by atoms with Gasteiger partial charge < -0.3 is 5.32 Å². The Bertz CT molecular complexity index is 457. The van der Waals surface area contributed by atoms with Crippen LogP contribution < -0.4 is 5.32 Å². The third-order valence-electron chi connectivity index (χ3n) is 5.05. The Morgan fingerprint density at radius 2 is 1.95 bits per heavy atom. The van der Waals surface area contributed by atoms with E-state index in [1.165, 1.54) is 31.2 Å². The summed E-state index contributed by atoms with van der Waals surface area (Å²) < 4.78 is 13.7. The highest BCUT2D eigenvalue weighted by Gasteiger charge is 2.32. The van der Waals surface area contributed by atoms with Gasteiger partial charge in [0.2, 0.25) is 0 Å². The molecule has 0 aromatic heterocycles. The second-order valence-corrected chi connectivity index (χ2v) is 7.43. The molecule has 1 aliphatic carbocycles. The van der Waals surface area contributed by atoms with Gasteiger partial charge in [-0.05, 0) is 80.2 Å². The van der Waals surface area contributed by atoms with Gasteiger partial charge in [0.15, 0.2) is 0 Å². The summed E-state index contributed by atoms with van der Waals surface area (Å²) in [5.74, 6) is 0.514. The molecule has 0 spiro atoms. The van der Waals surface area contributed by atoms with E-state index in [0.29, 0.717) is 17.4 Å². The molecule has 0 saturated heterocycles. The van der Waals surface area contributed by atoms with Crippen LogP contribution in [-0.4, -0.2) is 6.54 Å². The molecule has 1 N–H and O–H groups in total. The molecule has 0 heterocycles. The van der Waals surface area contributed by atoms with Crippen LogP contribution in [0, 0.1) is 24.1 Å². The van der Waals surface area contributed by atoms with Gasteiger partial charge in [-0.15, -0.1) is 0 Å². The molecule has 118 valence electrons. The van der Waals surface area contributed by atoms with Gasteiger partial charge in [0, 0.05) is 6.04 Å². The van der Waals surface area contributed by atoms with E-state index >= 15 is 0 Å². The number of nitrogens with one attached hydrogen (secondary N) is 1. The number of hydrogen-bond donors (Lipinski definition) is 1. The monoisotopic (exact) mass is 291 g/mol. The maximum absolute atomic E-state index is 13.7. The van der Waals surface area contributed by atoms with Crippen LogP contribution in [-0.2, 0) is 0 Å². The average Bonchev–Trinajstić information content (AvgIpc) is 2.44. The van der Waals surface area contributed by atoms with Crippen LogP contribution in [0.5, 0.6) is 0 Å². The molecule has 1 aliphatic rings. The first kappa shape index (κ1) is 16.5. The summed E-state index contributed by atoms with van der Waals surface area (Å²) in [5.41, 5.74) is 2.84. The minimum atomic E-state index is -0.116. The van der Waals surface area contributed by atoms with Crippen molar-refractivity contribution < 1.29 is 4.39 Å². The largest absolute Gasteiger partial charge is 0.310 e. The number of rotatable bonds is 5. The Morgan fingerprint density at radius 3 is 2.57 bits per heavy atom. The van der Waals surface area contributed by atoms with Crippen molar-refractivity contribution in [3.63, 3.8) is 0 Å². The van der Waals surface area contributed by atoms with E-state index in [9.17, 15) is 4.39 Å². The lowest BCUT2D eigenvalue weighted by Gasteiger charge is -2.39. The lowest BCUT2D eigenvalue weighted by Crippen LogP contribution is -2.33. The molecule has 1 fully saturated rings. The maximum Gasteiger partial charge on any atom is 0.123 e. The van der Waals surface area contributed by atoms with Crippen molar-refractivity contribution in [2.45, 2.75) is 65.8 Å². The fourth-order valence-electron chi connectivity index (χ4n) is 3.53. The second kappa shape index (κ2) is 6.91. The summed E-state index contributed by atoms with van der Waals surface area (Å²) in [6, 6.07) is 5.52. The van der Waals surface area contributed by atoms with E-state index in [0.717, 1.165) is 18.5 Å². The first-order valence-corrected chi connectivity index (χ1v) is 8.42. The Hall–Kier alpha value is -0.890. The molecule has 0 bridgehead atoms. The van der Waals surface area contributed by atoms with Crippen LogP contribution in [0.25, 0.3) is 0 Å². The smallest absolute Gasteiger partial charge is 0.123 e. The van der Waals surface area contributed by atoms with Crippen molar-refractivity contribution >= 4 is 0 Å². The van der Waals surface area contributed by atoms with Crippen LogP contribution in [0.4, 0.5) is 4.39 Å². The van der Waals surface area contributed by atoms with Crippen molar-refractivity contribution in [3.8, 4) is 0 Å². The molecular formula is C19H30FN. The van der Waals surface area contributed by atoms with Crippen LogP contribution >= 0.6 is 0 Å². The fourth-order valence-corrected chi connectivity index (χ4v) is 3.53. The molecule has 1 nitrogen and oxygen atoms in total. The van der Waals surface area contributed by atoms with Gasteiger partial charge in [-0.25, -0.2) is 4.39 Å². The first-order valence-electron chi connectivity index (χ1n) is 8.42. The normalized spacial score (nSPS) is 20.4. The van der Waals surface area contributed by atoms with E-state index in [4.69, 9.17) is 0 Å². The minimum absolute atomic E-state index is 0.116. The molecule has 0 aliphatic heterocycles. The maximum atomic E-state index is 13.7. The summed E-state index contributed by atoms with van der Waals surface area (Å²) in [6.45, 7) is 10.0. The molecule has 1 aromatic rings. The summed E-state index contributed by atoms with van der Waals surface area (Å²) in [4.78, 5) is 0. The van der Waals surface area contributed by atoms with Crippen LogP contribution in [0.15, 0.2) is 18.2 Å². The zero-order valence-electron chi connectivity index (χ0n) is 14.0. The third kappa shape index (κ3) is 4.29. The van der Waals surface area contributed by atoms with Crippen molar-refractivity contribution in [1.82, 2.24) is 5.32 Å². The number of halogens is 1. The summed E-state index contributed by atoms with van der Waals surface area (Å²) >= 11 is 0.